The van der Waals surface area contributed by atoms with Crippen LogP contribution in [0.5, 0.6) is 5.75 Å². The Hall–Kier alpha value is -4.12. The molecule has 11 heteroatoms. The Morgan fingerprint density at radius 1 is 0.778 bits per heavy atom. The average Bonchev–Trinajstić information content (AvgIpc) is 3.02. The van der Waals surface area contributed by atoms with Crippen molar-refractivity contribution in [3.8, 4) is 5.75 Å². The van der Waals surface area contributed by atoms with E-state index >= 15 is 0 Å². The summed E-state index contributed by atoms with van der Waals surface area (Å²) in [6, 6.07) is 14.2. The topological polar surface area (TPSA) is 144 Å². The number of hydrogen-bond acceptors (Lipinski definition) is 8. The molecule has 0 aliphatic rings. The lowest BCUT2D eigenvalue weighted by Gasteiger charge is -2.27. The Morgan fingerprint density at radius 2 is 1.47 bits per heavy atom. The van der Waals surface area contributed by atoms with Crippen LogP contribution in [-0.2, 0) is 36.9 Å². The molecule has 11 nitrogen and oxygen atoms in total. The molecule has 0 bridgehead atoms. The van der Waals surface area contributed by atoms with Crippen molar-refractivity contribution >= 4 is 23.9 Å². The Morgan fingerprint density at radius 3 is 2.07 bits per heavy atom. The molecule has 0 heterocycles. The number of rotatable bonds is 19. The number of benzene rings is 2. The zero-order valence-electron chi connectivity index (χ0n) is 27.4. The van der Waals surface area contributed by atoms with E-state index in [-0.39, 0.29) is 37.8 Å². The summed E-state index contributed by atoms with van der Waals surface area (Å²) in [6.45, 7) is 9.04. The van der Waals surface area contributed by atoms with E-state index in [9.17, 15) is 19.2 Å². The fourth-order valence-corrected chi connectivity index (χ4v) is 4.49. The summed E-state index contributed by atoms with van der Waals surface area (Å²) in [5, 5.41) is 11.2. The maximum atomic E-state index is 13.6. The van der Waals surface area contributed by atoms with Gasteiger partial charge in [0.2, 0.25) is 11.8 Å². The third kappa shape index (κ3) is 14.5. The van der Waals surface area contributed by atoms with Crippen LogP contribution in [0.1, 0.15) is 58.1 Å². The third-order valence-electron chi connectivity index (χ3n) is 7.03. The van der Waals surface area contributed by atoms with Gasteiger partial charge in [0.15, 0.2) is 0 Å². The molecule has 248 valence electrons. The maximum Gasteiger partial charge on any atom is 0.407 e. The first-order valence-corrected chi connectivity index (χ1v) is 15.5. The molecule has 0 aliphatic carbocycles. The second-order valence-electron chi connectivity index (χ2n) is 11.8. The van der Waals surface area contributed by atoms with Crippen LogP contribution in [0.25, 0.3) is 0 Å². The number of nitrogens with one attached hydrogen (secondary N) is 4. The molecule has 0 saturated carbocycles. The van der Waals surface area contributed by atoms with Gasteiger partial charge < -0.3 is 30.2 Å². The summed E-state index contributed by atoms with van der Waals surface area (Å²) in [7, 11) is 2.78. The van der Waals surface area contributed by atoms with Gasteiger partial charge in [-0.05, 0) is 54.4 Å². The third-order valence-corrected chi connectivity index (χ3v) is 7.03. The summed E-state index contributed by atoms with van der Waals surface area (Å²) in [6.07, 6.45) is 1.14. The molecule has 0 fully saturated rings. The zero-order valence-corrected chi connectivity index (χ0v) is 27.4. The normalized spacial score (nSPS) is 13.0. The number of carbonyl (C=O) groups excluding carboxylic acids is 4. The number of amides is 3. The van der Waals surface area contributed by atoms with Crippen molar-refractivity contribution in [3.05, 3.63) is 65.7 Å². The highest BCUT2D eigenvalue weighted by Crippen LogP contribution is 2.15. The van der Waals surface area contributed by atoms with Crippen LogP contribution < -0.4 is 26.0 Å². The van der Waals surface area contributed by atoms with Crippen molar-refractivity contribution in [2.45, 2.75) is 78.1 Å². The van der Waals surface area contributed by atoms with Gasteiger partial charge in [-0.15, -0.1) is 0 Å². The van der Waals surface area contributed by atoms with Crippen LogP contribution in [0.2, 0.25) is 0 Å². The molecule has 0 radical (unpaired) electrons. The highest BCUT2D eigenvalue weighted by atomic mass is 16.5. The van der Waals surface area contributed by atoms with Gasteiger partial charge in [0, 0.05) is 20.0 Å². The first-order chi connectivity index (χ1) is 21.5. The van der Waals surface area contributed by atoms with E-state index in [2.05, 4.69) is 35.1 Å². The molecule has 0 unspecified atom stereocenters. The SMILES string of the molecule is CNC(=O)[C@H](Cc1ccc(OCCC(C)C)cc1)NC(=O)[C@H](CC(C)C)N[C@H](CCNC(=O)OCc1ccccc1)C(=O)OC. The number of carbonyl (C=O) groups is 4. The van der Waals surface area contributed by atoms with E-state index < -0.39 is 36.1 Å². The number of methoxy groups -OCH3 is 1. The van der Waals surface area contributed by atoms with Crippen LogP contribution in [-0.4, -0.2) is 69.3 Å². The predicted octanol–water partition coefficient (Wildman–Crippen LogP) is 3.75. The Bertz CT molecular complexity index is 1190. The molecule has 2 rings (SSSR count). The van der Waals surface area contributed by atoms with E-state index in [1.165, 1.54) is 14.2 Å². The van der Waals surface area contributed by atoms with Crippen LogP contribution in [0.3, 0.4) is 0 Å². The monoisotopic (exact) mass is 626 g/mol. The molecule has 4 N–H and O–H groups in total. The quantitative estimate of drug-likeness (QED) is 0.173. The molecule has 0 spiro atoms. The molecular weight excluding hydrogens is 576 g/mol. The summed E-state index contributed by atoms with van der Waals surface area (Å²) >= 11 is 0. The fourth-order valence-electron chi connectivity index (χ4n) is 4.49. The van der Waals surface area contributed by atoms with Crippen molar-refractivity contribution in [2.24, 2.45) is 11.8 Å². The minimum absolute atomic E-state index is 0.0966. The van der Waals surface area contributed by atoms with E-state index in [1.807, 2.05) is 68.4 Å². The maximum absolute atomic E-state index is 13.6. The predicted molar refractivity (Wildman–Crippen MR) is 173 cm³/mol. The smallest absolute Gasteiger partial charge is 0.407 e. The Kier molecular flexibility index (Phi) is 16.5. The molecular formula is C34H50N4O7. The number of hydrogen-bond donors (Lipinski definition) is 4. The number of likely N-dealkylation sites (N-methyl/N-ethyl adjacent to an activating group) is 1. The van der Waals surface area contributed by atoms with Gasteiger partial charge in [-0.25, -0.2) is 4.79 Å². The highest BCUT2D eigenvalue weighted by molar-refractivity contribution is 5.90. The van der Waals surface area contributed by atoms with E-state index in [0.717, 1.165) is 23.3 Å². The first kappa shape index (κ1) is 37.1. The summed E-state index contributed by atoms with van der Waals surface area (Å²) in [4.78, 5) is 51.2. The zero-order chi connectivity index (χ0) is 33.2. The van der Waals surface area contributed by atoms with Crippen molar-refractivity contribution in [2.75, 3.05) is 27.3 Å². The molecule has 3 amide bonds. The standard InChI is InChI=1S/C34H50N4O7/c1-23(2)17-19-44-27-14-12-25(13-15-27)21-30(31(39)35-5)38-32(40)29(20-24(3)4)37-28(33(41)43-6)16-18-36-34(42)45-22-26-10-8-7-9-11-26/h7-15,23-24,28-30,37H,16-22H2,1-6H3,(H,35,39)(H,36,42)(H,38,40)/t28-,29+,30+/m1/s1. The van der Waals surface area contributed by atoms with E-state index in [0.29, 0.717) is 18.9 Å². The lowest BCUT2D eigenvalue weighted by Crippen LogP contribution is -2.56. The molecule has 0 saturated heterocycles. The van der Waals surface area contributed by atoms with Gasteiger partial charge in [0.25, 0.3) is 0 Å². The van der Waals surface area contributed by atoms with Gasteiger partial charge >= 0.3 is 12.1 Å². The minimum atomic E-state index is -0.888. The Labute approximate surface area is 267 Å². The second kappa shape index (κ2) is 20.0. The molecule has 2 aromatic rings. The van der Waals surface area contributed by atoms with Gasteiger partial charge in [0.05, 0.1) is 19.8 Å². The van der Waals surface area contributed by atoms with Gasteiger partial charge in [0.1, 0.15) is 24.4 Å². The van der Waals surface area contributed by atoms with Gasteiger partial charge in [-0.2, -0.15) is 0 Å². The lowest BCUT2D eigenvalue weighted by atomic mass is 10.00. The minimum Gasteiger partial charge on any atom is -0.494 e. The largest absolute Gasteiger partial charge is 0.494 e. The van der Waals surface area contributed by atoms with E-state index in [1.54, 1.807) is 0 Å². The summed E-state index contributed by atoms with van der Waals surface area (Å²) < 4.78 is 16.0. The van der Waals surface area contributed by atoms with Crippen molar-refractivity contribution < 1.29 is 33.4 Å². The molecule has 2 aromatic carbocycles. The highest BCUT2D eigenvalue weighted by Gasteiger charge is 2.30. The number of alkyl carbamates (subject to hydrolysis) is 1. The Balaban J connectivity index is 2.03. The molecule has 3 atom stereocenters. The molecule has 0 aromatic heterocycles. The first-order valence-electron chi connectivity index (χ1n) is 15.5. The van der Waals surface area contributed by atoms with Crippen molar-refractivity contribution in [1.29, 1.82) is 0 Å². The average molecular weight is 627 g/mol. The molecule has 45 heavy (non-hydrogen) atoms. The van der Waals surface area contributed by atoms with Gasteiger partial charge in [-0.3, -0.25) is 19.7 Å². The number of esters is 1. The fraction of sp³-hybridized carbons (Fsp3) is 0.529. The van der Waals surface area contributed by atoms with Crippen molar-refractivity contribution in [3.63, 3.8) is 0 Å². The van der Waals surface area contributed by atoms with Crippen LogP contribution in [0.15, 0.2) is 54.6 Å². The molecule has 0 aliphatic heterocycles. The van der Waals surface area contributed by atoms with Crippen molar-refractivity contribution in [1.82, 2.24) is 21.3 Å². The van der Waals surface area contributed by atoms with Crippen LogP contribution in [0.4, 0.5) is 4.79 Å². The summed E-state index contributed by atoms with van der Waals surface area (Å²) in [5.41, 5.74) is 1.70. The second-order valence-corrected chi connectivity index (χ2v) is 11.8. The van der Waals surface area contributed by atoms with Gasteiger partial charge in [-0.1, -0.05) is 70.2 Å². The lowest BCUT2D eigenvalue weighted by molar-refractivity contribution is -0.144. The van der Waals surface area contributed by atoms with Crippen LogP contribution >= 0.6 is 0 Å². The summed E-state index contributed by atoms with van der Waals surface area (Å²) in [5.74, 6) is 0.0493. The van der Waals surface area contributed by atoms with E-state index in [4.69, 9.17) is 14.2 Å². The van der Waals surface area contributed by atoms with Crippen LogP contribution in [0, 0.1) is 11.8 Å². The number of ether oxygens (including phenoxy) is 3.